The largest absolute Gasteiger partial charge is 0.497 e. The molecule has 4 nitrogen and oxygen atoms in total. The Hall–Kier alpha value is -3.14. The van der Waals surface area contributed by atoms with Crippen molar-refractivity contribution in [1.82, 2.24) is 4.57 Å². The van der Waals surface area contributed by atoms with Gasteiger partial charge in [-0.25, -0.2) is 0 Å². The molecule has 0 aliphatic carbocycles. The summed E-state index contributed by atoms with van der Waals surface area (Å²) in [7, 11) is 3.35. The Balaban J connectivity index is 1.66. The molecule has 27 heavy (non-hydrogen) atoms. The first-order valence-electron chi connectivity index (χ1n) is 9.21. The Morgan fingerprint density at radius 1 is 0.852 bits per heavy atom. The van der Waals surface area contributed by atoms with Crippen molar-refractivity contribution in [2.24, 2.45) is 0 Å². The first-order valence-corrected chi connectivity index (χ1v) is 9.21. The van der Waals surface area contributed by atoms with Gasteiger partial charge in [0.05, 0.1) is 14.2 Å². The summed E-state index contributed by atoms with van der Waals surface area (Å²) >= 11 is 0. The van der Waals surface area contributed by atoms with E-state index in [1.807, 2.05) is 18.2 Å². The molecule has 0 amide bonds. The number of para-hydroxylation sites is 1. The van der Waals surface area contributed by atoms with E-state index in [1.54, 1.807) is 14.2 Å². The SMILES string of the molecule is CCn1c2ccccc2c2cc(NCc3ccc(OC)cc3OC)ccc21. The van der Waals surface area contributed by atoms with Gasteiger partial charge >= 0.3 is 0 Å². The number of hydrogen-bond donors (Lipinski definition) is 1. The molecule has 0 spiro atoms. The van der Waals surface area contributed by atoms with Crippen molar-refractivity contribution in [2.45, 2.75) is 20.0 Å². The molecule has 0 radical (unpaired) electrons. The predicted molar refractivity (Wildman–Crippen MR) is 112 cm³/mol. The van der Waals surface area contributed by atoms with E-state index in [4.69, 9.17) is 9.47 Å². The van der Waals surface area contributed by atoms with Crippen LogP contribution >= 0.6 is 0 Å². The van der Waals surface area contributed by atoms with E-state index in [0.717, 1.165) is 29.3 Å². The molecule has 3 aromatic carbocycles. The highest BCUT2D eigenvalue weighted by molar-refractivity contribution is 6.09. The lowest BCUT2D eigenvalue weighted by atomic mass is 10.1. The second kappa shape index (κ2) is 7.23. The van der Waals surface area contributed by atoms with Crippen molar-refractivity contribution >= 4 is 27.5 Å². The number of aromatic nitrogens is 1. The Morgan fingerprint density at radius 2 is 1.67 bits per heavy atom. The van der Waals surface area contributed by atoms with Gasteiger partial charge in [0.2, 0.25) is 0 Å². The van der Waals surface area contributed by atoms with Crippen LogP contribution in [0, 0.1) is 0 Å². The zero-order chi connectivity index (χ0) is 18.8. The molecule has 0 saturated heterocycles. The number of anilines is 1. The van der Waals surface area contributed by atoms with E-state index in [-0.39, 0.29) is 0 Å². The quantitative estimate of drug-likeness (QED) is 0.497. The third-order valence-electron chi connectivity index (χ3n) is 5.07. The van der Waals surface area contributed by atoms with E-state index in [1.165, 1.54) is 21.8 Å². The molecule has 4 heteroatoms. The predicted octanol–water partition coefficient (Wildman–Crippen LogP) is 5.44. The number of aryl methyl sites for hydroxylation is 1. The number of fused-ring (bicyclic) bond motifs is 3. The highest BCUT2D eigenvalue weighted by Crippen LogP contribution is 2.31. The smallest absolute Gasteiger partial charge is 0.127 e. The number of nitrogens with one attached hydrogen (secondary N) is 1. The number of hydrogen-bond acceptors (Lipinski definition) is 3. The number of ether oxygens (including phenoxy) is 2. The molecule has 0 aliphatic heterocycles. The third-order valence-corrected chi connectivity index (χ3v) is 5.07. The van der Waals surface area contributed by atoms with Gasteiger partial charge in [0.1, 0.15) is 11.5 Å². The minimum absolute atomic E-state index is 0.686. The molecule has 4 aromatic rings. The fourth-order valence-corrected chi connectivity index (χ4v) is 3.70. The minimum atomic E-state index is 0.686. The summed E-state index contributed by atoms with van der Waals surface area (Å²) in [5, 5.41) is 6.10. The fourth-order valence-electron chi connectivity index (χ4n) is 3.70. The fraction of sp³-hybridized carbons (Fsp3) is 0.217. The average Bonchev–Trinajstić information content (AvgIpc) is 3.05. The van der Waals surface area contributed by atoms with Crippen LogP contribution in [0.2, 0.25) is 0 Å². The van der Waals surface area contributed by atoms with Crippen LogP contribution < -0.4 is 14.8 Å². The first-order chi connectivity index (χ1) is 13.2. The van der Waals surface area contributed by atoms with E-state index >= 15 is 0 Å². The molecule has 0 aliphatic rings. The van der Waals surface area contributed by atoms with Crippen LogP contribution in [-0.2, 0) is 13.1 Å². The van der Waals surface area contributed by atoms with Gasteiger partial charge in [0.25, 0.3) is 0 Å². The van der Waals surface area contributed by atoms with Crippen LogP contribution in [0.1, 0.15) is 12.5 Å². The van der Waals surface area contributed by atoms with E-state index < -0.39 is 0 Å². The van der Waals surface area contributed by atoms with Crippen molar-refractivity contribution in [3.05, 3.63) is 66.2 Å². The lowest BCUT2D eigenvalue weighted by Gasteiger charge is -2.12. The van der Waals surface area contributed by atoms with Crippen LogP contribution in [0.25, 0.3) is 21.8 Å². The molecule has 4 rings (SSSR count). The monoisotopic (exact) mass is 360 g/mol. The lowest BCUT2D eigenvalue weighted by Crippen LogP contribution is -2.02. The summed E-state index contributed by atoms with van der Waals surface area (Å²) in [6.07, 6.45) is 0. The maximum absolute atomic E-state index is 5.50. The van der Waals surface area contributed by atoms with E-state index in [0.29, 0.717) is 6.54 Å². The van der Waals surface area contributed by atoms with Gasteiger partial charge in [-0.1, -0.05) is 18.2 Å². The van der Waals surface area contributed by atoms with Gasteiger partial charge < -0.3 is 19.4 Å². The van der Waals surface area contributed by atoms with Crippen molar-refractivity contribution in [1.29, 1.82) is 0 Å². The van der Waals surface area contributed by atoms with Crippen LogP contribution in [0.4, 0.5) is 5.69 Å². The van der Waals surface area contributed by atoms with Crippen LogP contribution in [0.3, 0.4) is 0 Å². The molecule has 0 unspecified atom stereocenters. The summed E-state index contributed by atoms with van der Waals surface area (Å²) in [6, 6.07) is 21.1. The van der Waals surface area contributed by atoms with Crippen molar-refractivity contribution < 1.29 is 9.47 Å². The van der Waals surface area contributed by atoms with Crippen molar-refractivity contribution in [3.63, 3.8) is 0 Å². The number of rotatable bonds is 6. The second-order valence-corrected chi connectivity index (χ2v) is 6.52. The zero-order valence-corrected chi connectivity index (χ0v) is 16.0. The number of nitrogens with zero attached hydrogens (tertiary/aromatic N) is 1. The number of methoxy groups -OCH3 is 2. The molecule has 0 fully saturated rings. The summed E-state index contributed by atoms with van der Waals surface area (Å²) in [5.74, 6) is 1.62. The summed E-state index contributed by atoms with van der Waals surface area (Å²) < 4.78 is 13.1. The molecule has 1 heterocycles. The van der Waals surface area contributed by atoms with Crippen LogP contribution in [0.15, 0.2) is 60.7 Å². The van der Waals surface area contributed by atoms with Crippen molar-refractivity contribution in [3.8, 4) is 11.5 Å². The van der Waals surface area contributed by atoms with E-state index in [9.17, 15) is 0 Å². The normalized spacial score (nSPS) is 11.1. The van der Waals surface area contributed by atoms with Crippen LogP contribution in [0.5, 0.6) is 11.5 Å². The van der Waals surface area contributed by atoms with Gasteiger partial charge in [-0.15, -0.1) is 0 Å². The van der Waals surface area contributed by atoms with Gasteiger partial charge in [-0.2, -0.15) is 0 Å². The van der Waals surface area contributed by atoms with Crippen molar-refractivity contribution in [2.75, 3.05) is 19.5 Å². The topological polar surface area (TPSA) is 35.4 Å². The Kier molecular flexibility index (Phi) is 4.63. The highest BCUT2D eigenvalue weighted by Gasteiger charge is 2.10. The number of benzene rings is 3. The maximum atomic E-state index is 5.50. The second-order valence-electron chi connectivity index (χ2n) is 6.52. The summed E-state index contributed by atoms with van der Waals surface area (Å²) in [6.45, 7) is 3.83. The Bertz CT molecular complexity index is 1100. The molecule has 1 N–H and O–H groups in total. The molecular weight excluding hydrogens is 336 g/mol. The standard InChI is InChI=1S/C23H24N2O2/c1-4-25-21-8-6-5-7-19(21)20-13-17(10-12-22(20)25)24-15-16-9-11-18(26-2)14-23(16)27-3/h5-14,24H,4,15H2,1-3H3. The molecule has 138 valence electrons. The van der Waals surface area contributed by atoms with E-state index in [2.05, 4.69) is 59.3 Å². The molecule has 0 bridgehead atoms. The molecule has 0 saturated carbocycles. The summed E-state index contributed by atoms with van der Waals surface area (Å²) in [4.78, 5) is 0. The highest BCUT2D eigenvalue weighted by atomic mass is 16.5. The van der Waals surface area contributed by atoms with Gasteiger partial charge in [-0.05, 0) is 43.3 Å². The lowest BCUT2D eigenvalue weighted by molar-refractivity contribution is 0.391. The summed E-state index contributed by atoms with van der Waals surface area (Å²) in [5.41, 5.74) is 4.74. The maximum Gasteiger partial charge on any atom is 0.127 e. The minimum Gasteiger partial charge on any atom is -0.497 e. The van der Waals surface area contributed by atoms with Crippen LogP contribution in [-0.4, -0.2) is 18.8 Å². The molecular formula is C23H24N2O2. The molecule has 1 aromatic heterocycles. The van der Waals surface area contributed by atoms with Gasteiger partial charge in [0.15, 0.2) is 0 Å². The Morgan fingerprint density at radius 3 is 2.44 bits per heavy atom. The molecule has 0 atom stereocenters. The van der Waals surface area contributed by atoms with Gasteiger partial charge in [-0.3, -0.25) is 0 Å². The average molecular weight is 360 g/mol. The van der Waals surface area contributed by atoms with Gasteiger partial charge in [0, 0.05) is 52.2 Å². The third kappa shape index (κ3) is 3.08. The Labute approximate surface area is 159 Å². The first kappa shape index (κ1) is 17.3. The zero-order valence-electron chi connectivity index (χ0n) is 16.0.